The molecule has 0 aliphatic carbocycles. The van der Waals surface area contributed by atoms with Gasteiger partial charge >= 0.3 is 0 Å². The van der Waals surface area contributed by atoms with Crippen LogP contribution < -0.4 is 5.32 Å². The number of nitrogens with one attached hydrogen (secondary N) is 1. The highest BCUT2D eigenvalue weighted by molar-refractivity contribution is 8.00. The van der Waals surface area contributed by atoms with E-state index in [1.54, 1.807) is 12.4 Å². The number of anilines is 1. The van der Waals surface area contributed by atoms with Crippen molar-refractivity contribution >= 4 is 23.4 Å². The van der Waals surface area contributed by atoms with Crippen LogP contribution in [0.2, 0.25) is 0 Å². The van der Waals surface area contributed by atoms with Crippen molar-refractivity contribution < 1.29 is 4.79 Å². The Labute approximate surface area is 176 Å². The minimum Gasteiger partial charge on any atom is -0.325 e. The van der Waals surface area contributed by atoms with Crippen LogP contribution >= 0.6 is 11.8 Å². The molecule has 3 rings (SSSR count). The van der Waals surface area contributed by atoms with E-state index in [0.717, 1.165) is 28.8 Å². The van der Waals surface area contributed by atoms with E-state index in [9.17, 15) is 4.79 Å². The second-order valence-electron chi connectivity index (χ2n) is 7.86. The minimum atomic E-state index is -0.308. The van der Waals surface area contributed by atoms with Crippen LogP contribution in [0.1, 0.15) is 40.2 Å². The van der Waals surface area contributed by atoms with Crippen molar-refractivity contribution in [3.8, 4) is 11.4 Å². The van der Waals surface area contributed by atoms with Crippen molar-refractivity contribution in [2.45, 2.75) is 57.0 Å². The van der Waals surface area contributed by atoms with Gasteiger partial charge in [-0.25, -0.2) is 0 Å². The minimum absolute atomic E-state index is 0.0605. The highest BCUT2D eigenvalue weighted by atomic mass is 32.2. The third kappa shape index (κ3) is 5.03. The van der Waals surface area contributed by atoms with Gasteiger partial charge in [0.2, 0.25) is 5.91 Å². The molecule has 0 radical (unpaired) electrons. The van der Waals surface area contributed by atoms with E-state index in [2.05, 4.69) is 53.4 Å². The van der Waals surface area contributed by atoms with Crippen LogP contribution in [-0.2, 0) is 16.8 Å². The number of amides is 1. The summed E-state index contributed by atoms with van der Waals surface area (Å²) in [6, 6.07) is 11.8. The Kier molecular flexibility index (Phi) is 6.37. The van der Waals surface area contributed by atoms with Gasteiger partial charge in [-0.05, 0) is 49.1 Å². The Bertz CT molecular complexity index is 961. The molecule has 1 amide bonds. The van der Waals surface area contributed by atoms with Crippen LogP contribution in [0.25, 0.3) is 11.4 Å². The van der Waals surface area contributed by atoms with Crippen LogP contribution in [0, 0.1) is 0 Å². The smallest absolute Gasteiger partial charge is 0.237 e. The number of nitrogens with zero attached hydrogens (tertiary/aromatic N) is 4. The van der Waals surface area contributed by atoms with Gasteiger partial charge < -0.3 is 9.88 Å². The highest BCUT2D eigenvalue weighted by Crippen LogP contribution is 2.28. The SMILES string of the molecule is CCn1c(SC(C)C(=O)Nc2ccc(C(C)(C)C)cc2)nnc1-c1ccncc1. The molecule has 0 saturated heterocycles. The standard InChI is InChI=1S/C22H27N5OS/c1-6-27-19(16-11-13-23-14-12-16)25-26-21(27)29-15(2)20(28)24-18-9-7-17(8-10-18)22(3,4)5/h7-15H,6H2,1-5H3,(H,24,28). The summed E-state index contributed by atoms with van der Waals surface area (Å²) in [4.78, 5) is 16.7. The van der Waals surface area contributed by atoms with Crippen LogP contribution in [0.4, 0.5) is 5.69 Å². The summed E-state index contributed by atoms with van der Waals surface area (Å²) in [5.41, 5.74) is 3.07. The molecule has 152 valence electrons. The number of thioether (sulfide) groups is 1. The number of rotatable bonds is 6. The molecule has 2 heterocycles. The van der Waals surface area contributed by atoms with E-state index in [-0.39, 0.29) is 16.6 Å². The summed E-state index contributed by atoms with van der Waals surface area (Å²) in [6.45, 7) is 11.1. The van der Waals surface area contributed by atoms with Gasteiger partial charge in [0.05, 0.1) is 5.25 Å². The first-order valence-electron chi connectivity index (χ1n) is 9.71. The normalized spacial score (nSPS) is 12.6. The molecular weight excluding hydrogens is 382 g/mol. The maximum absolute atomic E-state index is 12.7. The maximum Gasteiger partial charge on any atom is 0.237 e. The van der Waals surface area contributed by atoms with E-state index in [0.29, 0.717) is 0 Å². The quantitative estimate of drug-likeness (QED) is 0.593. The third-order valence-corrected chi connectivity index (χ3v) is 5.72. The third-order valence-electron chi connectivity index (χ3n) is 4.64. The summed E-state index contributed by atoms with van der Waals surface area (Å²) in [6.07, 6.45) is 3.47. The molecular formula is C22H27N5OS. The van der Waals surface area contributed by atoms with Gasteiger partial charge in [0.15, 0.2) is 11.0 Å². The van der Waals surface area contributed by atoms with E-state index in [1.165, 1.54) is 17.3 Å². The topological polar surface area (TPSA) is 72.7 Å². The van der Waals surface area contributed by atoms with Gasteiger partial charge in [0.1, 0.15) is 0 Å². The van der Waals surface area contributed by atoms with E-state index >= 15 is 0 Å². The lowest BCUT2D eigenvalue weighted by atomic mass is 9.87. The molecule has 0 fully saturated rings. The predicted molar refractivity (Wildman–Crippen MR) is 118 cm³/mol. The lowest BCUT2D eigenvalue weighted by Gasteiger charge is -2.19. The highest BCUT2D eigenvalue weighted by Gasteiger charge is 2.21. The van der Waals surface area contributed by atoms with Crippen molar-refractivity contribution in [1.29, 1.82) is 0 Å². The van der Waals surface area contributed by atoms with E-state index in [4.69, 9.17) is 0 Å². The van der Waals surface area contributed by atoms with Gasteiger partial charge in [-0.3, -0.25) is 9.78 Å². The van der Waals surface area contributed by atoms with E-state index < -0.39 is 0 Å². The summed E-state index contributed by atoms with van der Waals surface area (Å²) >= 11 is 1.41. The van der Waals surface area contributed by atoms with Crippen molar-refractivity contribution in [3.63, 3.8) is 0 Å². The molecule has 0 saturated carbocycles. The van der Waals surface area contributed by atoms with Crippen molar-refractivity contribution in [2.75, 3.05) is 5.32 Å². The van der Waals surface area contributed by atoms with Gasteiger partial charge in [-0.15, -0.1) is 10.2 Å². The number of benzene rings is 1. The fourth-order valence-electron chi connectivity index (χ4n) is 2.88. The Balaban J connectivity index is 1.69. The number of aromatic nitrogens is 4. The first-order valence-corrected chi connectivity index (χ1v) is 10.6. The first kappa shape index (κ1) is 21.0. The summed E-state index contributed by atoms with van der Waals surface area (Å²) < 4.78 is 2.02. The molecule has 1 unspecified atom stereocenters. The summed E-state index contributed by atoms with van der Waals surface area (Å²) in [7, 11) is 0. The van der Waals surface area contributed by atoms with Crippen molar-refractivity contribution in [2.24, 2.45) is 0 Å². The number of hydrogen-bond acceptors (Lipinski definition) is 5. The number of hydrogen-bond donors (Lipinski definition) is 1. The molecule has 1 N–H and O–H groups in total. The van der Waals surface area contributed by atoms with Gasteiger partial charge in [-0.2, -0.15) is 0 Å². The van der Waals surface area contributed by atoms with Crippen LogP contribution in [0.15, 0.2) is 53.9 Å². The van der Waals surface area contributed by atoms with Gasteiger partial charge in [-0.1, -0.05) is 44.7 Å². The Morgan fingerprint density at radius 3 is 2.34 bits per heavy atom. The monoisotopic (exact) mass is 409 g/mol. The van der Waals surface area contributed by atoms with Gasteiger partial charge in [0, 0.05) is 30.2 Å². The fraction of sp³-hybridized carbons (Fsp3) is 0.364. The molecule has 0 bridgehead atoms. The zero-order valence-corrected chi connectivity index (χ0v) is 18.3. The molecule has 2 aromatic heterocycles. The maximum atomic E-state index is 12.7. The lowest BCUT2D eigenvalue weighted by molar-refractivity contribution is -0.115. The number of carbonyl (C=O) groups is 1. The molecule has 0 spiro atoms. The molecule has 1 aromatic carbocycles. The van der Waals surface area contributed by atoms with Crippen LogP contribution in [0.3, 0.4) is 0 Å². The molecule has 6 nitrogen and oxygen atoms in total. The lowest BCUT2D eigenvalue weighted by Crippen LogP contribution is -2.23. The number of pyridine rings is 1. The Hall–Kier alpha value is -2.67. The average molecular weight is 410 g/mol. The molecule has 1 atom stereocenters. The second kappa shape index (κ2) is 8.78. The largest absolute Gasteiger partial charge is 0.325 e. The van der Waals surface area contributed by atoms with Crippen molar-refractivity contribution in [3.05, 3.63) is 54.4 Å². The fourth-order valence-corrected chi connectivity index (χ4v) is 3.80. The zero-order valence-electron chi connectivity index (χ0n) is 17.5. The van der Waals surface area contributed by atoms with Crippen molar-refractivity contribution in [1.82, 2.24) is 19.7 Å². The molecule has 7 heteroatoms. The van der Waals surface area contributed by atoms with Crippen LogP contribution in [0.5, 0.6) is 0 Å². The first-order chi connectivity index (χ1) is 13.8. The molecule has 0 aliphatic rings. The zero-order chi connectivity index (χ0) is 21.0. The predicted octanol–water partition coefficient (Wildman–Crippen LogP) is 4.78. The molecule has 0 aliphatic heterocycles. The Morgan fingerprint density at radius 1 is 1.10 bits per heavy atom. The van der Waals surface area contributed by atoms with E-state index in [1.807, 2.05) is 42.7 Å². The summed E-state index contributed by atoms with van der Waals surface area (Å²) in [5, 5.41) is 12.0. The second-order valence-corrected chi connectivity index (χ2v) is 9.17. The summed E-state index contributed by atoms with van der Waals surface area (Å²) in [5.74, 6) is 0.720. The Morgan fingerprint density at radius 2 is 1.76 bits per heavy atom. The van der Waals surface area contributed by atoms with Gasteiger partial charge in [0.25, 0.3) is 0 Å². The molecule has 29 heavy (non-hydrogen) atoms. The molecule has 3 aromatic rings. The number of carbonyl (C=O) groups excluding carboxylic acids is 1. The van der Waals surface area contributed by atoms with Crippen LogP contribution in [-0.4, -0.2) is 30.9 Å². The average Bonchev–Trinajstić information content (AvgIpc) is 3.10.